The molecule has 0 aromatic heterocycles. The molecule has 1 N–H and O–H groups in total. The Balaban J connectivity index is 3.56. The van der Waals surface area contributed by atoms with Crippen molar-refractivity contribution in [1.29, 1.82) is 5.26 Å². The Morgan fingerprint density at radius 3 is 2.67 bits per heavy atom. The molecule has 0 aliphatic rings. The highest BCUT2D eigenvalue weighted by Crippen LogP contribution is 2.34. The summed E-state index contributed by atoms with van der Waals surface area (Å²) in [6, 6.07) is 4.18. The van der Waals surface area contributed by atoms with E-state index >= 15 is 0 Å². The van der Waals surface area contributed by atoms with Crippen LogP contribution in [0.15, 0.2) is 18.7 Å². The van der Waals surface area contributed by atoms with Gasteiger partial charge in [-0.05, 0) is 18.6 Å². The minimum atomic E-state index is -0.734. The van der Waals surface area contributed by atoms with Gasteiger partial charge in [-0.25, -0.2) is 0 Å². The van der Waals surface area contributed by atoms with Gasteiger partial charge in [-0.1, -0.05) is 6.58 Å². The summed E-state index contributed by atoms with van der Waals surface area (Å²) >= 11 is 0. The number of hydrogen-bond acceptors (Lipinski definition) is 4. The predicted octanol–water partition coefficient (Wildman–Crippen LogP) is 2.21. The molecule has 76 valence electrons. The first-order valence-corrected chi connectivity index (χ1v) is 4.04. The lowest BCUT2D eigenvalue weighted by molar-refractivity contribution is -0.385. The van der Waals surface area contributed by atoms with Gasteiger partial charge in [0.1, 0.15) is 0 Å². The van der Waals surface area contributed by atoms with Crippen LogP contribution in [0.5, 0.6) is 5.75 Å². The van der Waals surface area contributed by atoms with Crippen LogP contribution in [0.1, 0.15) is 18.1 Å². The van der Waals surface area contributed by atoms with E-state index in [4.69, 9.17) is 5.26 Å². The van der Waals surface area contributed by atoms with E-state index in [0.29, 0.717) is 5.57 Å². The molecular weight excluding hydrogens is 196 g/mol. The number of allylic oxidation sites excluding steroid dienone is 1. The lowest BCUT2D eigenvalue weighted by atomic mass is 10.0. The molecule has 0 spiro atoms. The molecule has 0 aliphatic carbocycles. The number of aromatic hydroxyl groups is 1. The van der Waals surface area contributed by atoms with Crippen molar-refractivity contribution in [2.75, 3.05) is 0 Å². The number of nitro groups is 1. The maximum atomic E-state index is 10.6. The Bertz CT molecular complexity index is 451. The number of phenolic OH excluding ortho intramolecular Hbond substituents is 1. The molecule has 1 rings (SSSR count). The number of nitrogens with zero attached hydrogens (tertiary/aromatic N) is 2. The van der Waals surface area contributed by atoms with Gasteiger partial charge in [-0.3, -0.25) is 10.1 Å². The van der Waals surface area contributed by atoms with Gasteiger partial charge in [0, 0.05) is 11.6 Å². The zero-order valence-electron chi connectivity index (χ0n) is 8.02. The number of hydrogen-bond donors (Lipinski definition) is 1. The van der Waals surface area contributed by atoms with Crippen molar-refractivity contribution < 1.29 is 10.0 Å². The van der Waals surface area contributed by atoms with E-state index in [2.05, 4.69) is 6.58 Å². The molecule has 0 saturated heterocycles. The monoisotopic (exact) mass is 204 g/mol. The zero-order valence-corrected chi connectivity index (χ0v) is 8.02. The van der Waals surface area contributed by atoms with E-state index in [1.54, 1.807) is 13.0 Å². The van der Waals surface area contributed by atoms with Crippen molar-refractivity contribution in [2.45, 2.75) is 6.92 Å². The second kappa shape index (κ2) is 3.80. The molecule has 0 bridgehead atoms. The predicted molar refractivity (Wildman–Crippen MR) is 54.2 cm³/mol. The summed E-state index contributed by atoms with van der Waals surface area (Å²) in [4.78, 5) is 9.84. The maximum absolute atomic E-state index is 10.6. The molecule has 15 heavy (non-hydrogen) atoms. The number of phenols is 1. The lowest BCUT2D eigenvalue weighted by Gasteiger charge is -2.04. The van der Waals surface area contributed by atoms with Crippen LogP contribution in [-0.2, 0) is 0 Å². The Morgan fingerprint density at radius 1 is 1.67 bits per heavy atom. The first-order valence-electron chi connectivity index (χ1n) is 4.04. The Hall–Kier alpha value is -2.35. The van der Waals surface area contributed by atoms with Gasteiger partial charge >= 0.3 is 5.69 Å². The van der Waals surface area contributed by atoms with Gasteiger partial charge in [-0.15, -0.1) is 0 Å². The summed E-state index contributed by atoms with van der Waals surface area (Å²) in [5, 5.41) is 28.8. The SMILES string of the molecule is C=C(C)c1cc(C#N)cc([N+](=O)[O-])c1O. The summed E-state index contributed by atoms with van der Waals surface area (Å²) in [6.07, 6.45) is 0. The Morgan fingerprint density at radius 2 is 2.27 bits per heavy atom. The molecule has 0 unspecified atom stereocenters. The van der Waals surface area contributed by atoms with Crippen molar-refractivity contribution in [3.63, 3.8) is 0 Å². The van der Waals surface area contributed by atoms with Crippen LogP contribution in [0.25, 0.3) is 5.57 Å². The van der Waals surface area contributed by atoms with Crippen LogP contribution >= 0.6 is 0 Å². The average Bonchev–Trinajstić information content (AvgIpc) is 2.17. The van der Waals surface area contributed by atoms with Crippen LogP contribution in [-0.4, -0.2) is 10.0 Å². The number of nitro benzene ring substituents is 1. The molecule has 0 amide bonds. The van der Waals surface area contributed by atoms with E-state index in [1.807, 2.05) is 0 Å². The van der Waals surface area contributed by atoms with Gasteiger partial charge in [0.2, 0.25) is 5.75 Å². The lowest BCUT2D eigenvalue weighted by Crippen LogP contribution is -1.93. The highest BCUT2D eigenvalue weighted by atomic mass is 16.6. The highest BCUT2D eigenvalue weighted by Gasteiger charge is 2.19. The molecule has 0 radical (unpaired) electrons. The van der Waals surface area contributed by atoms with Crippen molar-refractivity contribution in [3.05, 3.63) is 40.0 Å². The molecule has 0 fully saturated rings. The van der Waals surface area contributed by atoms with Gasteiger partial charge < -0.3 is 5.11 Å². The Labute approximate surface area is 86.0 Å². The normalized spacial score (nSPS) is 9.33. The third-order valence-corrected chi connectivity index (χ3v) is 1.88. The van der Waals surface area contributed by atoms with Crippen molar-refractivity contribution in [1.82, 2.24) is 0 Å². The zero-order chi connectivity index (χ0) is 11.6. The molecular formula is C10H8N2O3. The molecule has 5 nitrogen and oxygen atoms in total. The summed E-state index contributed by atoms with van der Waals surface area (Å²) in [5.41, 5.74) is 0.331. The van der Waals surface area contributed by atoms with E-state index in [1.165, 1.54) is 6.07 Å². The fourth-order valence-electron chi connectivity index (χ4n) is 1.15. The summed E-state index contributed by atoms with van der Waals surface area (Å²) < 4.78 is 0. The van der Waals surface area contributed by atoms with Crippen LogP contribution in [0, 0.1) is 21.4 Å². The van der Waals surface area contributed by atoms with Gasteiger partial charge in [-0.2, -0.15) is 5.26 Å². The van der Waals surface area contributed by atoms with Crippen LogP contribution in [0.3, 0.4) is 0 Å². The average molecular weight is 204 g/mol. The van der Waals surface area contributed by atoms with Crippen LogP contribution < -0.4 is 0 Å². The molecule has 0 atom stereocenters. The van der Waals surface area contributed by atoms with Crippen LogP contribution in [0.2, 0.25) is 0 Å². The maximum Gasteiger partial charge on any atom is 0.312 e. The van der Waals surface area contributed by atoms with Crippen molar-refractivity contribution in [2.24, 2.45) is 0 Å². The van der Waals surface area contributed by atoms with E-state index in [0.717, 1.165) is 6.07 Å². The quantitative estimate of drug-likeness (QED) is 0.590. The molecule has 0 heterocycles. The number of benzene rings is 1. The second-order valence-electron chi connectivity index (χ2n) is 3.04. The highest BCUT2D eigenvalue weighted by molar-refractivity contribution is 5.73. The van der Waals surface area contributed by atoms with E-state index in [-0.39, 0.29) is 11.1 Å². The van der Waals surface area contributed by atoms with Crippen molar-refractivity contribution >= 4 is 11.3 Å². The van der Waals surface area contributed by atoms with Gasteiger partial charge in [0.05, 0.1) is 16.6 Å². The number of rotatable bonds is 2. The summed E-state index contributed by atoms with van der Waals surface area (Å²) in [6.45, 7) is 5.17. The fourth-order valence-corrected chi connectivity index (χ4v) is 1.15. The molecule has 1 aromatic rings. The molecule has 1 aromatic carbocycles. The largest absolute Gasteiger partial charge is 0.502 e. The number of nitriles is 1. The third kappa shape index (κ3) is 1.94. The fraction of sp³-hybridized carbons (Fsp3) is 0.100. The van der Waals surface area contributed by atoms with Gasteiger partial charge in [0.15, 0.2) is 0 Å². The molecule has 0 saturated carbocycles. The smallest absolute Gasteiger partial charge is 0.312 e. The second-order valence-corrected chi connectivity index (χ2v) is 3.04. The minimum Gasteiger partial charge on any atom is -0.502 e. The van der Waals surface area contributed by atoms with Crippen molar-refractivity contribution in [3.8, 4) is 11.8 Å². The van der Waals surface area contributed by atoms with Crippen LogP contribution in [0.4, 0.5) is 5.69 Å². The van der Waals surface area contributed by atoms with E-state index < -0.39 is 16.4 Å². The first-order chi connectivity index (χ1) is 6.97. The van der Waals surface area contributed by atoms with Gasteiger partial charge in [0.25, 0.3) is 0 Å². The first kappa shape index (κ1) is 10.7. The Kier molecular flexibility index (Phi) is 2.72. The molecule has 5 heteroatoms. The minimum absolute atomic E-state index is 0.123. The summed E-state index contributed by atoms with van der Waals surface area (Å²) in [7, 11) is 0. The standard InChI is InChI=1S/C10H8N2O3/c1-6(2)8-3-7(5-11)4-9(10(8)13)12(14)15/h3-4,13H,1H2,2H3. The topological polar surface area (TPSA) is 87.2 Å². The summed E-state index contributed by atoms with van der Waals surface area (Å²) in [5.74, 6) is -0.452. The third-order valence-electron chi connectivity index (χ3n) is 1.88. The molecule has 0 aliphatic heterocycles. The van der Waals surface area contributed by atoms with E-state index in [9.17, 15) is 15.2 Å².